The van der Waals surface area contributed by atoms with E-state index in [0.29, 0.717) is 44.2 Å². The average molecular weight is 684 g/mol. The first kappa shape index (κ1) is 33.9. The SMILES string of the molecule is CC(C)(C)OC(=O)NC1CCCCC/C=C/C2CC2(C(=O)NS(=O)(=O)C2CC2)NC(=O)C2C[C@@H](N3Cc4ccccc4C3=O)CN2C1=O. The fourth-order valence-corrected chi connectivity index (χ4v) is 8.39. The number of fused-ring (bicyclic) bond motifs is 3. The molecule has 3 aliphatic heterocycles. The molecule has 3 fully saturated rings. The number of nitrogens with zero attached hydrogens (tertiary/aromatic N) is 2. The van der Waals surface area contributed by atoms with E-state index < -0.39 is 74.3 Å². The largest absolute Gasteiger partial charge is 0.444 e. The van der Waals surface area contributed by atoms with E-state index >= 15 is 0 Å². The van der Waals surface area contributed by atoms with Crippen LogP contribution in [0.1, 0.15) is 94.5 Å². The molecule has 0 aromatic heterocycles. The summed E-state index contributed by atoms with van der Waals surface area (Å²) in [7, 11) is -3.88. The van der Waals surface area contributed by atoms with Gasteiger partial charge in [-0.05, 0) is 77.3 Å². The van der Waals surface area contributed by atoms with Crippen LogP contribution in [0.3, 0.4) is 0 Å². The number of hydrogen-bond acceptors (Lipinski definition) is 8. The van der Waals surface area contributed by atoms with Crippen molar-refractivity contribution < 1.29 is 37.1 Å². The Morgan fingerprint density at radius 3 is 2.48 bits per heavy atom. The topological polar surface area (TPSA) is 171 Å². The molecule has 3 heterocycles. The molecule has 0 bridgehead atoms. The van der Waals surface area contributed by atoms with Gasteiger partial charge in [0.15, 0.2) is 0 Å². The van der Waals surface area contributed by atoms with Crippen molar-refractivity contribution in [1.29, 1.82) is 0 Å². The second-order valence-corrected chi connectivity index (χ2v) is 16.7. The van der Waals surface area contributed by atoms with Gasteiger partial charge in [-0.3, -0.25) is 23.9 Å². The lowest BCUT2D eigenvalue weighted by atomic mass is 10.0. The van der Waals surface area contributed by atoms with E-state index in [4.69, 9.17) is 4.74 Å². The van der Waals surface area contributed by atoms with Crippen molar-refractivity contribution in [1.82, 2.24) is 25.2 Å². The number of benzene rings is 1. The van der Waals surface area contributed by atoms with Crippen molar-refractivity contribution in [2.24, 2.45) is 5.92 Å². The highest BCUT2D eigenvalue weighted by atomic mass is 32.2. The Hall–Kier alpha value is -3.94. The molecule has 1 aromatic carbocycles. The van der Waals surface area contributed by atoms with Gasteiger partial charge in [0.2, 0.25) is 21.8 Å². The smallest absolute Gasteiger partial charge is 0.408 e. The van der Waals surface area contributed by atoms with Crippen molar-refractivity contribution in [2.45, 2.75) is 120 Å². The highest BCUT2D eigenvalue weighted by molar-refractivity contribution is 7.91. The summed E-state index contributed by atoms with van der Waals surface area (Å²) in [5.41, 5.74) is -0.862. The Bertz CT molecular complexity index is 1630. The fraction of sp³-hybridized carbons (Fsp3) is 0.618. The van der Waals surface area contributed by atoms with Crippen LogP contribution in [0.25, 0.3) is 0 Å². The summed E-state index contributed by atoms with van der Waals surface area (Å²) in [6.45, 7) is 5.54. The quantitative estimate of drug-likeness (QED) is 0.398. The molecular formula is C34H45N5O8S. The zero-order valence-corrected chi connectivity index (χ0v) is 28.5. The van der Waals surface area contributed by atoms with E-state index in [2.05, 4.69) is 15.4 Å². The van der Waals surface area contributed by atoms with Gasteiger partial charge in [-0.15, -0.1) is 0 Å². The lowest BCUT2D eigenvalue weighted by Gasteiger charge is -2.30. The zero-order valence-electron chi connectivity index (χ0n) is 27.7. The summed E-state index contributed by atoms with van der Waals surface area (Å²) in [4.78, 5) is 71.6. The van der Waals surface area contributed by atoms with E-state index in [-0.39, 0.29) is 25.3 Å². The molecule has 4 unspecified atom stereocenters. The molecule has 2 aliphatic carbocycles. The van der Waals surface area contributed by atoms with Gasteiger partial charge >= 0.3 is 6.09 Å². The molecule has 5 atom stereocenters. The van der Waals surface area contributed by atoms with Gasteiger partial charge in [-0.1, -0.05) is 43.2 Å². The summed E-state index contributed by atoms with van der Waals surface area (Å²) in [5.74, 6) is -2.50. The van der Waals surface area contributed by atoms with Gasteiger partial charge in [0.05, 0.1) is 11.3 Å². The van der Waals surface area contributed by atoms with Crippen molar-refractivity contribution >= 4 is 39.7 Å². The minimum atomic E-state index is -3.88. The second kappa shape index (κ2) is 12.8. The van der Waals surface area contributed by atoms with Crippen LogP contribution in [0.2, 0.25) is 0 Å². The summed E-state index contributed by atoms with van der Waals surface area (Å²) in [6.07, 6.45) is 7.53. The van der Waals surface area contributed by atoms with Gasteiger partial charge in [0, 0.05) is 24.6 Å². The summed E-state index contributed by atoms with van der Waals surface area (Å²) in [6, 6.07) is 4.68. The number of nitrogens with one attached hydrogen (secondary N) is 3. The maximum atomic E-state index is 14.3. The van der Waals surface area contributed by atoms with Crippen LogP contribution in [0, 0.1) is 5.92 Å². The third-order valence-electron chi connectivity index (χ3n) is 9.84. The zero-order chi connectivity index (χ0) is 34.4. The molecule has 0 radical (unpaired) electrons. The van der Waals surface area contributed by atoms with Gasteiger partial charge in [0.25, 0.3) is 11.8 Å². The maximum Gasteiger partial charge on any atom is 0.408 e. The standard InChI is InChI=1S/C34H45N5O8S/c1-33(2,3)47-32(44)35-26-14-8-6-4-5-7-12-22-18-34(22,31(43)37-48(45,46)24-15-16-24)36-28(40)27-17-23(20-39(27)30(26)42)38-19-21-11-9-10-13-25(21)29(38)41/h7,9-13,22-24,26-27H,4-6,8,14-20H2,1-3H3,(H,35,44)(H,36,40)(H,37,43)/b12-7+/t22?,23-,26?,27?,34?/m1/s1. The summed E-state index contributed by atoms with van der Waals surface area (Å²) >= 11 is 0. The average Bonchev–Trinajstić information content (AvgIpc) is 3.91. The van der Waals surface area contributed by atoms with E-state index in [1.807, 2.05) is 24.3 Å². The molecule has 260 valence electrons. The van der Waals surface area contributed by atoms with Crippen molar-refractivity contribution in [2.75, 3.05) is 6.54 Å². The van der Waals surface area contributed by atoms with Crippen molar-refractivity contribution in [3.05, 3.63) is 47.5 Å². The highest BCUT2D eigenvalue weighted by Crippen LogP contribution is 2.46. The Balaban J connectivity index is 1.30. The molecule has 3 N–H and O–H groups in total. The number of carbonyl (C=O) groups excluding carboxylic acids is 5. The molecule has 48 heavy (non-hydrogen) atoms. The van der Waals surface area contributed by atoms with E-state index in [1.165, 1.54) is 4.90 Å². The normalized spacial score (nSPS) is 30.2. The number of rotatable bonds is 5. The number of ether oxygens (including phenoxy) is 1. The summed E-state index contributed by atoms with van der Waals surface area (Å²) < 4.78 is 33.2. The number of carbonyl (C=O) groups is 5. The lowest BCUT2D eigenvalue weighted by Crippen LogP contribution is -2.58. The Morgan fingerprint density at radius 1 is 1.02 bits per heavy atom. The Labute approximate surface area is 281 Å². The number of allylic oxidation sites excluding steroid dienone is 1. The first-order chi connectivity index (χ1) is 22.7. The van der Waals surface area contributed by atoms with Crippen molar-refractivity contribution in [3.8, 4) is 0 Å². The molecule has 5 aliphatic rings. The van der Waals surface area contributed by atoms with Crippen LogP contribution in [0.5, 0.6) is 0 Å². The molecule has 1 aromatic rings. The lowest BCUT2D eigenvalue weighted by molar-refractivity contribution is -0.141. The van der Waals surface area contributed by atoms with Crippen LogP contribution >= 0.6 is 0 Å². The number of hydrogen-bond donors (Lipinski definition) is 3. The fourth-order valence-electron chi connectivity index (χ4n) is 7.03. The Morgan fingerprint density at radius 2 is 1.77 bits per heavy atom. The molecular weight excluding hydrogens is 638 g/mol. The monoisotopic (exact) mass is 683 g/mol. The Kier molecular flexibility index (Phi) is 9.07. The predicted octanol–water partition coefficient (Wildman–Crippen LogP) is 2.51. The van der Waals surface area contributed by atoms with Crippen LogP contribution in [-0.4, -0.2) is 89.0 Å². The summed E-state index contributed by atoms with van der Waals surface area (Å²) in [5, 5.41) is 4.97. The van der Waals surface area contributed by atoms with Crippen LogP contribution in [0.15, 0.2) is 36.4 Å². The first-order valence-corrected chi connectivity index (χ1v) is 18.5. The predicted molar refractivity (Wildman–Crippen MR) is 175 cm³/mol. The highest BCUT2D eigenvalue weighted by Gasteiger charge is 2.62. The van der Waals surface area contributed by atoms with Crippen LogP contribution in [-0.2, 0) is 35.7 Å². The molecule has 2 saturated carbocycles. The number of amides is 5. The number of sulfonamides is 1. The molecule has 5 amide bonds. The molecule has 14 heteroatoms. The molecule has 13 nitrogen and oxygen atoms in total. The van der Waals surface area contributed by atoms with Gasteiger partial charge in [0.1, 0.15) is 23.2 Å². The molecule has 0 spiro atoms. The van der Waals surface area contributed by atoms with E-state index in [1.54, 1.807) is 37.8 Å². The minimum Gasteiger partial charge on any atom is -0.444 e. The van der Waals surface area contributed by atoms with Gasteiger partial charge in [-0.25, -0.2) is 13.2 Å². The van der Waals surface area contributed by atoms with E-state index in [9.17, 15) is 32.4 Å². The second-order valence-electron chi connectivity index (χ2n) is 14.7. The van der Waals surface area contributed by atoms with Crippen LogP contribution < -0.4 is 15.4 Å². The number of alkyl carbamates (subject to hydrolysis) is 1. The molecule has 1 saturated heterocycles. The van der Waals surface area contributed by atoms with Crippen molar-refractivity contribution in [3.63, 3.8) is 0 Å². The van der Waals surface area contributed by atoms with Crippen LogP contribution in [0.4, 0.5) is 4.79 Å². The minimum absolute atomic E-state index is 0.0434. The van der Waals surface area contributed by atoms with E-state index in [0.717, 1.165) is 18.4 Å². The van der Waals surface area contributed by atoms with Gasteiger partial charge < -0.3 is 25.2 Å². The van der Waals surface area contributed by atoms with Gasteiger partial charge in [-0.2, -0.15) is 0 Å². The third-order valence-corrected chi connectivity index (χ3v) is 11.7. The third kappa shape index (κ3) is 7.08. The first-order valence-electron chi connectivity index (χ1n) is 16.9. The molecule has 6 rings (SSSR count). The maximum absolute atomic E-state index is 14.3.